The maximum absolute atomic E-state index is 14.2. The first-order valence-corrected chi connectivity index (χ1v) is 15.1. The molecule has 0 bridgehead atoms. The van der Waals surface area contributed by atoms with Crippen molar-refractivity contribution in [2.45, 2.75) is 72.1 Å². The number of benzene rings is 1. The lowest BCUT2D eigenvalue weighted by Crippen LogP contribution is -2.53. The summed E-state index contributed by atoms with van der Waals surface area (Å²) >= 11 is 0. The predicted octanol–water partition coefficient (Wildman–Crippen LogP) is 4.10. The fraction of sp³-hybridized carbons (Fsp3) is 0.519. The summed E-state index contributed by atoms with van der Waals surface area (Å²) in [7, 11) is -2.20. The summed E-state index contributed by atoms with van der Waals surface area (Å²) in [6, 6.07) is 1.69. The van der Waals surface area contributed by atoms with Crippen LogP contribution in [0.25, 0.3) is 11.3 Å². The predicted molar refractivity (Wildman–Crippen MR) is 141 cm³/mol. The zero-order valence-corrected chi connectivity index (χ0v) is 23.5. The molecule has 0 amide bonds. The molecule has 3 heterocycles. The molecule has 0 radical (unpaired) electrons. The molecule has 2 aromatic heterocycles. The number of halogens is 8. The van der Waals surface area contributed by atoms with Crippen LogP contribution in [-0.4, -0.2) is 81.7 Å². The number of rotatable bonds is 6. The van der Waals surface area contributed by atoms with E-state index in [0.717, 1.165) is 29.2 Å². The van der Waals surface area contributed by atoms with Gasteiger partial charge in [-0.05, 0) is 37.1 Å². The number of aromatic nitrogens is 4. The second kappa shape index (κ2) is 11.8. The number of aliphatic hydroxyl groups is 4. The van der Waals surface area contributed by atoms with E-state index in [1.807, 2.05) is 0 Å². The number of alkyl halides is 5. The van der Waals surface area contributed by atoms with Crippen molar-refractivity contribution in [1.82, 2.24) is 20.0 Å². The Labute approximate surface area is 247 Å². The van der Waals surface area contributed by atoms with Gasteiger partial charge in [-0.3, -0.25) is 4.98 Å². The molecule has 8 nitrogen and oxygen atoms in total. The van der Waals surface area contributed by atoms with Crippen LogP contribution in [0.1, 0.15) is 48.2 Å². The minimum Gasteiger partial charge on any atom is -0.395 e. The quantitative estimate of drug-likeness (QED) is 0.154. The van der Waals surface area contributed by atoms with E-state index in [9.17, 15) is 55.5 Å². The van der Waals surface area contributed by atoms with E-state index in [0.29, 0.717) is 12.1 Å². The highest BCUT2D eigenvalue weighted by Crippen LogP contribution is 2.61. The van der Waals surface area contributed by atoms with Gasteiger partial charge in [0.2, 0.25) is 5.92 Å². The van der Waals surface area contributed by atoms with Crippen LogP contribution < -0.4 is 0 Å². The molecule has 5 rings (SSSR count). The normalized spacial score (nSPS) is 28.5. The molecule has 6 atom stereocenters. The number of nitrogens with zero attached hydrogens (tertiary/aromatic N) is 4. The summed E-state index contributed by atoms with van der Waals surface area (Å²) < 4.78 is 113. The highest BCUT2D eigenvalue weighted by Gasteiger charge is 2.55. The Morgan fingerprint density at radius 3 is 2.27 bits per heavy atom. The van der Waals surface area contributed by atoms with Crippen LogP contribution in [0.2, 0.25) is 0 Å². The van der Waals surface area contributed by atoms with Crippen molar-refractivity contribution in [3.8, 4) is 11.3 Å². The molecule has 1 saturated heterocycles. The summed E-state index contributed by atoms with van der Waals surface area (Å²) in [6.07, 6.45) is -8.93. The van der Waals surface area contributed by atoms with Crippen molar-refractivity contribution in [1.29, 1.82) is 0 Å². The van der Waals surface area contributed by atoms with Crippen molar-refractivity contribution in [3.05, 3.63) is 65.4 Å². The average Bonchev–Trinajstić information content (AvgIpc) is 3.43. The lowest BCUT2D eigenvalue weighted by molar-refractivity contribution is -0.140. The molecule has 2 aliphatic rings. The molecular weight excluding hydrogens is 628 g/mol. The maximum Gasteiger partial charge on any atom is 0.418 e. The van der Waals surface area contributed by atoms with Crippen molar-refractivity contribution in [3.63, 3.8) is 0 Å². The fourth-order valence-electron chi connectivity index (χ4n) is 6.13. The van der Waals surface area contributed by atoms with Crippen molar-refractivity contribution < 1.29 is 55.5 Å². The average molecular weight is 657 g/mol. The van der Waals surface area contributed by atoms with Crippen LogP contribution in [0.4, 0.5) is 35.1 Å². The van der Waals surface area contributed by atoms with Gasteiger partial charge in [-0.25, -0.2) is 37.5 Å². The van der Waals surface area contributed by atoms with Gasteiger partial charge in [0.1, 0.15) is 11.7 Å². The minimum absolute atomic E-state index is 0.172. The molecule has 1 aliphatic carbocycles. The summed E-state index contributed by atoms with van der Waals surface area (Å²) in [4.78, 5) is 3.92. The topological polar surface area (TPSA) is 125 Å². The van der Waals surface area contributed by atoms with Crippen LogP contribution in [-0.2, 0) is 6.18 Å². The van der Waals surface area contributed by atoms with E-state index in [4.69, 9.17) is 0 Å². The number of hydrogen-bond acceptors (Lipinski definition) is 7. The van der Waals surface area contributed by atoms with Gasteiger partial charge in [-0.2, -0.15) is 13.2 Å². The first kappa shape index (κ1) is 32.5. The molecule has 1 aliphatic heterocycles. The van der Waals surface area contributed by atoms with Crippen LogP contribution in [0, 0.1) is 17.5 Å². The third-order valence-corrected chi connectivity index (χ3v) is 11.8. The largest absolute Gasteiger partial charge is 0.418 e. The highest BCUT2D eigenvalue weighted by atomic mass is 32.2. The van der Waals surface area contributed by atoms with E-state index in [1.165, 1.54) is 0 Å². The third kappa shape index (κ3) is 6.03. The zero-order chi connectivity index (χ0) is 32.2. The molecule has 1 unspecified atom stereocenters. The highest BCUT2D eigenvalue weighted by molar-refractivity contribution is 8.18. The Kier molecular flexibility index (Phi) is 8.74. The van der Waals surface area contributed by atoms with Crippen LogP contribution >= 0.6 is 10.9 Å². The van der Waals surface area contributed by atoms with Gasteiger partial charge in [-0.1, -0.05) is 5.21 Å². The molecule has 1 saturated carbocycles. The van der Waals surface area contributed by atoms with E-state index in [2.05, 4.69) is 15.3 Å². The minimum atomic E-state index is -4.95. The smallest absolute Gasteiger partial charge is 0.395 e. The second-order valence-corrected chi connectivity index (χ2v) is 13.7. The number of hydrogen-bond donors (Lipinski definition) is 5. The first-order valence-electron chi connectivity index (χ1n) is 13.5. The van der Waals surface area contributed by atoms with E-state index < -0.39 is 118 Å². The van der Waals surface area contributed by atoms with Crippen LogP contribution in [0.15, 0.2) is 36.7 Å². The molecule has 3 aromatic rings. The lowest BCUT2D eigenvalue weighted by atomic mass is 9.79. The summed E-state index contributed by atoms with van der Waals surface area (Å²) in [5.41, 5.74) is -4.40. The van der Waals surface area contributed by atoms with E-state index in [-0.39, 0.29) is 17.0 Å². The van der Waals surface area contributed by atoms with Crippen molar-refractivity contribution in [2.24, 2.45) is 0 Å². The molecule has 4 N–H and O–H groups in total. The summed E-state index contributed by atoms with van der Waals surface area (Å²) in [6.45, 7) is -0.830. The Balaban J connectivity index is 1.54. The molecule has 242 valence electrons. The SMILES string of the molecule is OC[C@@H]1[C@H](O)[C@@H](n2cc(-c3cc(F)c(F)c(F)c3)nn2)[C@@H](O)C[SH]1[C@@H](c1ncccc1C(F)(F)F)C1(O)CCC(F)(F)CC1. The Hall–Kier alpha value is -2.86. The van der Waals surface area contributed by atoms with Crippen molar-refractivity contribution >= 4 is 10.9 Å². The van der Waals surface area contributed by atoms with E-state index in [1.54, 1.807) is 0 Å². The van der Waals surface area contributed by atoms with Gasteiger partial charge in [0.15, 0.2) is 17.5 Å². The summed E-state index contributed by atoms with van der Waals surface area (Å²) in [5, 5.41) is 49.5. The third-order valence-electron chi connectivity index (χ3n) is 8.34. The van der Waals surface area contributed by atoms with Gasteiger partial charge in [0.05, 0.1) is 47.1 Å². The second-order valence-electron chi connectivity index (χ2n) is 11.1. The van der Waals surface area contributed by atoms with Gasteiger partial charge < -0.3 is 20.4 Å². The molecule has 17 heteroatoms. The molecule has 0 spiro atoms. The lowest BCUT2D eigenvalue weighted by Gasteiger charge is -2.53. The molecular formula is C27H28F8N4O4S. The van der Waals surface area contributed by atoms with Gasteiger partial charge >= 0.3 is 6.18 Å². The molecule has 44 heavy (non-hydrogen) atoms. The Morgan fingerprint density at radius 1 is 1.05 bits per heavy atom. The number of pyridine rings is 1. The van der Waals surface area contributed by atoms with E-state index >= 15 is 0 Å². The Morgan fingerprint density at radius 2 is 1.68 bits per heavy atom. The van der Waals surface area contributed by atoms with Crippen LogP contribution in [0.5, 0.6) is 0 Å². The molecule has 1 aromatic carbocycles. The molecule has 2 fully saturated rings. The number of aliphatic hydroxyl groups excluding tert-OH is 3. The number of thiol groups is 1. The summed E-state index contributed by atoms with van der Waals surface area (Å²) in [5.74, 6) is -8.26. The monoisotopic (exact) mass is 656 g/mol. The van der Waals surface area contributed by atoms with Gasteiger partial charge in [0, 0.05) is 35.6 Å². The van der Waals surface area contributed by atoms with Gasteiger partial charge in [0.25, 0.3) is 0 Å². The maximum atomic E-state index is 14.2. The van der Waals surface area contributed by atoms with Gasteiger partial charge in [-0.15, -0.1) is 5.10 Å². The zero-order valence-electron chi connectivity index (χ0n) is 22.6. The first-order chi connectivity index (χ1) is 20.6. The fourth-order valence-corrected chi connectivity index (χ4v) is 9.82. The van der Waals surface area contributed by atoms with Crippen LogP contribution in [0.3, 0.4) is 0 Å². The van der Waals surface area contributed by atoms with Crippen molar-refractivity contribution in [2.75, 3.05) is 12.4 Å². The standard InChI is InChI=1S/C27H28F8N4O4S/c28-15-8-13(9-16(29)20(15)30)17-10-39(38-37-17)22-18(41)12-44(19(11-40)23(22)42)24(25(43)3-5-26(31,32)6-4-25)21-14(27(33,34)35)2-1-7-36-21/h1-2,7-10,18-19,22-24,40-44H,3-6,11-12H2/t18-,19+,22-,23-,24-/m0/s1. The Bertz CT molecular complexity index is 1480.